The first-order valence-electron chi connectivity index (χ1n) is 6.40. The fourth-order valence-corrected chi connectivity index (χ4v) is 3.50. The van der Waals surface area contributed by atoms with Crippen LogP contribution in [0.15, 0.2) is 59.5 Å². The van der Waals surface area contributed by atoms with Crippen LogP contribution in [0.3, 0.4) is 0 Å². The Kier molecular flexibility index (Phi) is 5.52. The summed E-state index contributed by atoms with van der Waals surface area (Å²) in [6.07, 6.45) is 0. The highest BCUT2D eigenvalue weighted by atomic mass is 79.9. The van der Waals surface area contributed by atoms with Gasteiger partial charge in [0.2, 0.25) is 10.0 Å². The second-order valence-electron chi connectivity index (χ2n) is 4.54. The molecule has 0 unspecified atom stereocenters. The molecule has 2 aromatic carbocycles. The number of aliphatic hydroxyl groups is 1. The van der Waals surface area contributed by atoms with Gasteiger partial charge in [0, 0.05) is 5.33 Å². The normalized spacial score (nSPS) is 13.0. The van der Waals surface area contributed by atoms with Crippen LogP contribution in [0, 0.1) is 0 Å². The van der Waals surface area contributed by atoms with Crippen LogP contribution >= 0.6 is 15.9 Å². The summed E-state index contributed by atoms with van der Waals surface area (Å²) in [6.45, 7) is -0.303. The lowest BCUT2D eigenvalue weighted by Gasteiger charge is -2.17. The molecule has 6 heteroatoms. The molecule has 0 aliphatic carbocycles. The van der Waals surface area contributed by atoms with Gasteiger partial charge in [-0.3, -0.25) is 0 Å². The van der Waals surface area contributed by atoms with E-state index in [1.807, 2.05) is 6.07 Å². The number of aliphatic hydroxyl groups excluding tert-OH is 1. The first kappa shape index (κ1) is 16.2. The Morgan fingerprint density at radius 3 is 2.19 bits per heavy atom. The largest absolute Gasteiger partial charge is 0.394 e. The Balaban J connectivity index is 2.22. The highest BCUT2D eigenvalue weighted by Gasteiger charge is 2.20. The summed E-state index contributed by atoms with van der Waals surface area (Å²) in [6, 6.07) is 14.9. The molecule has 0 fully saturated rings. The van der Waals surface area contributed by atoms with Gasteiger partial charge in [-0.05, 0) is 23.3 Å². The van der Waals surface area contributed by atoms with Gasteiger partial charge in [-0.25, -0.2) is 13.1 Å². The molecule has 0 aliphatic heterocycles. The van der Waals surface area contributed by atoms with Gasteiger partial charge in [-0.1, -0.05) is 58.4 Å². The van der Waals surface area contributed by atoms with Crippen LogP contribution < -0.4 is 4.72 Å². The van der Waals surface area contributed by atoms with Crippen molar-refractivity contribution in [3.8, 4) is 0 Å². The second-order valence-corrected chi connectivity index (χ2v) is 6.82. The molecule has 0 amide bonds. The topological polar surface area (TPSA) is 66.4 Å². The summed E-state index contributed by atoms with van der Waals surface area (Å²) in [7, 11) is -3.67. The molecule has 0 aliphatic rings. The summed E-state index contributed by atoms with van der Waals surface area (Å²) in [5.74, 6) is 0. The second kappa shape index (κ2) is 7.17. The zero-order valence-corrected chi connectivity index (χ0v) is 13.6. The monoisotopic (exact) mass is 369 g/mol. The maximum Gasteiger partial charge on any atom is 0.241 e. The van der Waals surface area contributed by atoms with Crippen molar-refractivity contribution < 1.29 is 13.5 Å². The number of hydrogen-bond donors (Lipinski definition) is 2. The summed E-state index contributed by atoms with van der Waals surface area (Å²) in [5, 5.41) is 10.1. The van der Waals surface area contributed by atoms with E-state index in [-0.39, 0.29) is 11.5 Å². The highest BCUT2D eigenvalue weighted by Crippen LogP contribution is 2.18. The van der Waals surface area contributed by atoms with E-state index in [0.717, 1.165) is 11.1 Å². The van der Waals surface area contributed by atoms with Gasteiger partial charge in [-0.15, -0.1) is 0 Å². The maximum atomic E-state index is 12.3. The number of sulfonamides is 1. The molecule has 0 saturated heterocycles. The number of halogens is 1. The number of benzene rings is 2. The molecule has 4 nitrogen and oxygen atoms in total. The molecule has 112 valence electrons. The lowest BCUT2D eigenvalue weighted by atomic mass is 10.1. The minimum absolute atomic E-state index is 0.182. The molecule has 0 bridgehead atoms. The number of rotatable bonds is 6. The SMILES string of the molecule is O=S(=O)(N[C@H](CO)c1ccccc1)c1ccc(CBr)cc1. The standard InChI is InChI=1S/C15H16BrNO3S/c16-10-12-6-8-14(9-7-12)21(19,20)17-15(11-18)13-4-2-1-3-5-13/h1-9,15,17-18H,10-11H2/t15-/m1/s1. The molecule has 0 radical (unpaired) electrons. The maximum absolute atomic E-state index is 12.3. The zero-order valence-electron chi connectivity index (χ0n) is 11.2. The third-order valence-electron chi connectivity index (χ3n) is 3.07. The Hall–Kier alpha value is -1.21. The van der Waals surface area contributed by atoms with Crippen LogP contribution in [-0.4, -0.2) is 20.1 Å². The molecule has 1 atom stereocenters. The smallest absolute Gasteiger partial charge is 0.241 e. The van der Waals surface area contributed by atoms with Crippen molar-refractivity contribution in [2.75, 3.05) is 6.61 Å². The molecule has 0 saturated carbocycles. The molecule has 0 spiro atoms. The van der Waals surface area contributed by atoms with E-state index < -0.39 is 16.1 Å². The van der Waals surface area contributed by atoms with Crippen LogP contribution in [0.5, 0.6) is 0 Å². The van der Waals surface area contributed by atoms with E-state index in [2.05, 4.69) is 20.7 Å². The molecule has 21 heavy (non-hydrogen) atoms. The van der Waals surface area contributed by atoms with Crippen molar-refractivity contribution in [3.63, 3.8) is 0 Å². The van der Waals surface area contributed by atoms with E-state index in [4.69, 9.17) is 0 Å². The van der Waals surface area contributed by atoms with Gasteiger partial charge in [0.1, 0.15) is 0 Å². The molecule has 2 rings (SSSR count). The van der Waals surface area contributed by atoms with Crippen LogP contribution in [0.4, 0.5) is 0 Å². The molecular weight excluding hydrogens is 354 g/mol. The Labute approximate surface area is 133 Å². The zero-order chi connectivity index (χ0) is 15.3. The van der Waals surface area contributed by atoms with Crippen LogP contribution in [-0.2, 0) is 15.4 Å². The Morgan fingerprint density at radius 1 is 1.05 bits per heavy atom. The van der Waals surface area contributed by atoms with Crippen molar-refractivity contribution in [1.82, 2.24) is 4.72 Å². The van der Waals surface area contributed by atoms with E-state index in [1.54, 1.807) is 48.5 Å². The molecule has 0 heterocycles. The highest BCUT2D eigenvalue weighted by molar-refractivity contribution is 9.08. The predicted octanol–water partition coefficient (Wildman–Crippen LogP) is 2.59. The minimum Gasteiger partial charge on any atom is -0.394 e. The molecular formula is C15H16BrNO3S. The summed E-state index contributed by atoms with van der Waals surface area (Å²) < 4.78 is 27.2. The summed E-state index contributed by atoms with van der Waals surface area (Å²) in [4.78, 5) is 0.182. The summed E-state index contributed by atoms with van der Waals surface area (Å²) >= 11 is 3.32. The van der Waals surface area contributed by atoms with E-state index in [0.29, 0.717) is 5.33 Å². The van der Waals surface area contributed by atoms with Gasteiger partial charge in [0.25, 0.3) is 0 Å². The van der Waals surface area contributed by atoms with Gasteiger partial charge >= 0.3 is 0 Å². The van der Waals surface area contributed by atoms with Crippen molar-refractivity contribution in [2.45, 2.75) is 16.3 Å². The van der Waals surface area contributed by atoms with Crippen LogP contribution in [0.1, 0.15) is 17.2 Å². The minimum atomic E-state index is -3.67. The third-order valence-corrected chi connectivity index (χ3v) is 5.20. The predicted molar refractivity (Wildman–Crippen MR) is 85.7 cm³/mol. The first-order chi connectivity index (χ1) is 10.1. The van der Waals surface area contributed by atoms with Gasteiger partial charge in [-0.2, -0.15) is 0 Å². The average molecular weight is 370 g/mol. The molecule has 2 N–H and O–H groups in total. The summed E-state index contributed by atoms with van der Waals surface area (Å²) in [5.41, 5.74) is 1.72. The van der Waals surface area contributed by atoms with Gasteiger partial charge < -0.3 is 5.11 Å². The van der Waals surface area contributed by atoms with Gasteiger partial charge in [0.15, 0.2) is 0 Å². The van der Waals surface area contributed by atoms with Crippen LogP contribution in [0.2, 0.25) is 0 Å². The Bertz CT molecular complexity index is 672. The molecule has 2 aromatic rings. The fourth-order valence-electron chi connectivity index (χ4n) is 1.91. The van der Waals surface area contributed by atoms with E-state index in [1.165, 1.54) is 0 Å². The number of nitrogens with one attached hydrogen (secondary N) is 1. The first-order valence-corrected chi connectivity index (χ1v) is 9.00. The number of alkyl halides is 1. The number of hydrogen-bond acceptors (Lipinski definition) is 3. The quantitative estimate of drug-likeness (QED) is 0.769. The van der Waals surface area contributed by atoms with E-state index >= 15 is 0 Å². The van der Waals surface area contributed by atoms with Crippen molar-refractivity contribution in [3.05, 3.63) is 65.7 Å². The van der Waals surface area contributed by atoms with E-state index in [9.17, 15) is 13.5 Å². The van der Waals surface area contributed by atoms with Crippen molar-refractivity contribution >= 4 is 26.0 Å². The Morgan fingerprint density at radius 2 is 1.67 bits per heavy atom. The van der Waals surface area contributed by atoms with Crippen molar-refractivity contribution in [2.24, 2.45) is 0 Å². The third kappa shape index (κ3) is 4.14. The lowest BCUT2D eigenvalue weighted by Crippen LogP contribution is -2.30. The van der Waals surface area contributed by atoms with Crippen molar-refractivity contribution in [1.29, 1.82) is 0 Å². The molecule has 0 aromatic heterocycles. The average Bonchev–Trinajstić information content (AvgIpc) is 2.53. The lowest BCUT2D eigenvalue weighted by molar-refractivity contribution is 0.259. The fraction of sp³-hybridized carbons (Fsp3) is 0.200. The van der Waals surface area contributed by atoms with Crippen LogP contribution in [0.25, 0.3) is 0 Å². The van der Waals surface area contributed by atoms with Gasteiger partial charge in [0.05, 0.1) is 17.5 Å².